The molecule has 5 atom stereocenters. The molecule has 0 radical (unpaired) electrons. The van der Waals surface area contributed by atoms with E-state index in [1.165, 1.54) is 12.8 Å². The van der Waals surface area contributed by atoms with Crippen LogP contribution in [0.1, 0.15) is 40.5 Å². The van der Waals surface area contributed by atoms with Crippen LogP contribution in [0.25, 0.3) is 0 Å². The second-order valence-electron chi connectivity index (χ2n) is 5.89. The SMILES string of the molecule is CC(O)C1C[C@@H]2[C@H](C[C@H]1C)C2(C)C. The third kappa shape index (κ3) is 1.32. The van der Waals surface area contributed by atoms with E-state index >= 15 is 0 Å². The molecule has 0 spiro atoms. The van der Waals surface area contributed by atoms with Crippen molar-refractivity contribution in [3.63, 3.8) is 0 Å². The molecule has 0 aromatic heterocycles. The summed E-state index contributed by atoms with van der Waals surface area (Å²) in [6.45, 7) is 9.04. The van der Waals surface area contributed by atoms with Gasteiger partial charge in [-0.1, -0.05) is 20.8 Å². The van der Waals surface area contributed by atoms with Gasteiger partial charge < -0.3 is 5.11 Å². The Labute approximate surface area is 81.5 Å². The zero-order valence-corrected chi connectivity index (χ0v) is 9.25. The minimum Gasteiger partial charge on any atom is -0.393 e. The number of hydrogen-bond acceptors (Lipinski definition) is 1. The molecule has 0 aromatic rings. The summed E-state index contributed by atoms with van der Waals surface area (Å²) in [6, 6.07) is 0. The molecule has 2 saturated carbocycles. The van der Waals surface area contributed by atoms with Gasteiger partial charge in [0.2, 0.25) is 0 Å². The molecule has 2 unspecified atom stereocenters. The summed E-state index contributed by atoms with van der Waals surface area (Å²) in [5.74, 6) is 3.15. The maximum atomic E-state index is 9.65. The summed E-state index contributed by atoms with van der Waals surface area (Å²) in [5.41, 5.74) is 0.581. The van der Waals surface area contributed by atoms with Crippen LogP contribution >= 0.6 is 0 Å². The van der Waals surface area contributed by atoms with Gasteiger partial charge in [0.25, 0.3) is 0 Å². The lowest BCUT2D eigenvalue weighted by Gasteiger charge is -2.30. The van der Waals surface area contributed by atoms with Crippen LogP contribution in [0.3, 0.4) is 0 Å². The molecule has 0 bridgehead atoms. The van der Waals surface area contributed by atoms with Crippen LogP contribution in [-0.4, -0.2) is 11.2 Å². The minimum atomic E-state index is -0.104. The maximum Gasteiger partial charge on any atom is 0.0542 e. The molecule has 13 heavy (non-hydrogen) atoms. The summed E-state index contributed by atoms with van der Waals surface area (Å²) < 4.78 is 0. The first kappa shape index (κ1) is 9.51. The van der Waals surface area contributed by atoms with Gasteiger partial charge in [-0.05, 0) is 48.9 Å². The summed E-state index contributed by atoms with van der Waals surface area (Å²) in [7, 11) is 0. The Kier molecular flexibility index (Phi) is 1.99. The van der Waals surface area contributed by atoms with Gasteiger partial charge in [-0.15, -0.1) is 0 Å². The normalized spacial score (nSPS) is 49.6. The number of aliphatic hydroxyl groups is 1. The second-order valence-corrected chi connectivity index (χ2v) is 5.89. The first-order valence-corrected chi connectivity index (χ1v) is 5.62. The third-order valence-electron chi connectivity index (χ3n) is 4.79. The highest BCUT2D eigenvalue weighted by atomic mass is 16.3. The van der Waals surface area contributed by atoms with Gasteiger partial charge >= 0.3 is 0 Å². The van der Waals surface area contributed by atoms with Crippen LogP contribution in [0.2, 0.25) is 0 Å². The third-order valence-corrected chi connectivity index (χ3v) is 4.79. The average molecular weight is 182 g/mol. The Bertz CT molecular complexity index is 207. The van der Waals surface area contributed by atoms with E-state index in [1.54, 1.807) is 0 Å². The summed E-state index contributed by atoms with van der Waals surface area (Å²) in [4.78, 5) is 0. The van der Waals surface area contributed by atoms with Crippen molar-refractivity contribution >= 4 is 0 Å². The van der Waals surface area contributed by atoms with Crippen molar-refractivity contribution in [2.75, 3.05) is 0 Å². The van der Waals surface area contributed by atoms with Gasteiger partial charge in [0.1, 0.15) is 0 Å². The fourth-order valence-corrected chi connectivity index (χ4v) is 3.57. The fraction of sp³-hybridized carbons (Fsp3) is 1.00. The Morgan fingerprint density at radius 1 is 1.23 bits per heavy atom. The first-order chi connectivity index (χ1) is 5.94. The summed E-state index contributed by atoms with van der Waals surface area (Å²) in [6.07, 6.45) is 2.50. The predicted octanol–water partition coefficient (Wildman–Crippen LogP) is 2.69. The molecule has 76 valence electrons. The molecule has 1 N–H and O–H groups in total. The van der Waals surface area contributed by atoms with E-state index in [0.29, 0.717) is 11.3 Å². The van der Waals surface area contributed by atoms with E-state index in [4.69, 9.17) is 0 Å². The molecule has 2 aliphatic carbocycles. The summed E-state index contributed by atoms with van der Waals surface area (Å²) in [5, 5.41) is 9.65. The maximum absolute atomic E-state index is 9.65. The van der Waals surface area contributed by atoms with E-state index in [2.05, 4.69) is 20.8 Å². The zero-order chi connectivity index (χ0) is 9.80. The zero-order valence-electron chi connectivity index (χ0n) is 9.25. The van der Waals surface area contributed by atoms with Crippen molar-refractivity contribution < 1.29 is 5.11 Å². The molecule has 0 saturated heterocycles. The molecular formula is C12H22O. The predicted molar refractivity (Wildman–Crippen MR) is 54.3 cm³/mol. The van der Waals surface area contributed by atoms with Crippen LogP contribution in [0.5, 0.6) is 0 Å². The average Bonchev–Trinajstić information content (AvgIpc) is 2.52. The molecule has 1 nitrogen and oxygen atoms in total. The van der Waals surface area contributed by atoms with Crippen molar-refractivity contribution in [3.05, 3.63) is 0 Å². The molecular weight excluding hydrogens is 160 g/mol. The Hall–Kier alpha value is -0.0400. The van der Waals surface area contributed by atoms with E-state index in [0.717, 1.165) is 17.8 Å². The van der Waals surface area contributed by atoms with Crippen LogP contribution < -0.4 is 0 Å². The quantitative estimate of drug-likeness (QED) is 0.661. The van der Waals surface area contributed by atoms with Crippen molar-refractivity contribution in [2.24, 2.45) is 29.1 Å². The number of hydrogen-bond donors (Lipinski definition) is 1. The molecule has 2 aliphatic rings. The lowest BCUT2D eigenvalue weighted by molar-refractivity contribution is 0.0644. The lowest BCUT2D eigenvalue weighted by Crippen LogP contribution is -2.27. The number of aliphatic hydroxyl groups excluding tert-OH is 1. The molecule has 0 amide bonds. The molecule has 1 heteroatoms. The Morgan fingerprint density at radius 3 is 2.31 bits per heavy atom. The van der Waals surface area contributed by atoms with E-state index in [-0.39, 0.29) is 6.10 Å². The van der Waals surface area contributed by atoms with Crippen LogP contribution in [0.4, 0.5) is 0 Å². The fourth-order valence-electron chi connectivity index (χ4n) is 3.57. The van der Waals surface area contributed by atoms with Crippen LogP contribution in [0, 0.1) is 29.1 Å². The highest BCUT2D eigenvalue weighted by Gasteiger charge is 2.60. The molecule has 0 aromatic carbocycles. The van der Waals surface area contributed by atoms with Gasteiger partial charge in [0.15, 0.2) is 0 Å². The summed E-state index contributed by atoms with van der Waals surface area (Å²) >= 11 is 0. The van der Waals surface area contributed by atoms with Gasteiger partial charge in [-0.3, -0.25) is 0 Å². The van der Waals surface area contributed by atoms with Gasteiger partial charge in [-0.2, -0.15) is 0 Å². The lowest BCUT2D eigenvalue weighted by atomic mass is 9.78. The van der Waals surface area contributed by atoms with Crippen molar-refractivity contribution in [1.82, 2.24) is 0 Å². The second kappa shape index (κ2) is 2.73. The van der Waals surface area contributed by atoms with Gasteiger partial charge in [0, 0.05) is 0 Å². The minimum absolute atomic E-state index is 0.104. The molecule has 2 rings (SSSR count). The van der Waals surface area contributed by atoms with E-state index in [1.807, 2.05) is 6.92 Å². The monoisotopic (exact) mass is 182 g/mol. The first-order valence-electron chi connectivity index (χ1n) is 5.62. The van der Waals surface area contributed by atoms with Crippen LogP contribution in [-0.2, 0) is 0 Å². The van der Waals surface area contributed by atoms with Gasteiger partial charge in [0.05, 0.1) is 6.10 Å². The van der Waals surface area contributed by atoms with Crippen molar-refractivity contribution in [3.8, 4) is 0 Å². The van der Waals surface area contributed by atoms with E-state index < -0.39 is 0 Å². The van der Waals surface area contributed by atoms with Crippen molar-refractivity contribution in [1.29, 1.82) is 0 Å². The highest BCUT2D eigenvalue weighted by molar-refractivity contribution is 5.09. The van der Waals surface area contributed by atoms with Crippen LogP contribution in [0.15, 0.2) is 0 Å². The molecule has 0 heterocycles. The standard InChI is InChI=1S/C12H22O/c1-7-5-10-11(12(10,3)4)6-9(7)8(2)13/h7-11,13H,5-6H2,1-4H3/t7-,8?,9?,10+,11-/m1/s1. The Balaban J connectivity index is 2.05. The van der Waals surface area contributed by atoms with Crippen molar-refractivity contribution in [2.45, 2.75) is 46.6 Å². The topological polar surface area (TPSA) is 20.2 Å². The highest BCUT2D eigenvalue weighted by Crippen LogP contribution is 2.67. The van der Waals surface area contributed by atoms with Gasteiger partial charge in [-0.25, -0.2) is 0 Å². The number of rotatable bonds is 1. The largest absolute Gasteiger partial charge is 0.393 e. The molecule has 2 fully saturated rings. The number of fused-ring (bicyclic) bond motifs is 1. The smallest absolute Gasteiger partial charge is 0.0542 e. The Morgan fingerprint density at radius 2 is 1.77 bits per heavy atom. The molecule has 0 aliphatic heterocycles. The van der Waals surface area contributed by atoms with E-state index in [9.17, 15) is 5.11 Å².